The van der Waals surface area contributed by atoms with E-state index < -0.39 is 6.10 Å². The summed E-state index contributed by atoms with van der Waals surface area (Å²) in [6, 6.07) is 7.72. The molecule has 1 unspecified atom stereocenters. The van der Waals surface area contributed by atoms with Gasteiger partial charge in [-0.3, -0.25) is 0 Å². The van der Waals surface area contributed by atoms with Gasteiger partial charge < -0.3 is 15.2 Å². The Morgan fingerprint density at radius 2 is 2.38 bits per heavy atom. The zero-order valence-corrected chi connectivity index (χ0v) is 9.44. The molecule has 1 rings (SSSR count). The van der Waals surface area contributed by atoms with Crippen molar-refractivity contribution in [2.45, 2.75) is 13.0 Å². The molecule has 0 aliphatic rings. The molecule has 3 nitrogen and oxygen atoms in total. The van der Waals surface area contributed by atoms with E-state index in [1.54, 1.807) is 0 Å². The minimum Gasteiger partial charge on any atom is -0.491 e. The zero-order valence-electron chi connectivity index (χ0n) is 9.44. The number of ether oxygens (including phenoxy) is 1. The lowest BCUT2D eigenvalue weighted by molar-refractivity contribution is 0.107. The number of benzene rings is 1. The Labute approximate surface area is 96.4 Å². The summed E-state index contributed by atoms with van der Waals surface area (Å²) in [6.45, 7) is 3.16. The lowest BCUT2D eigenvalue weighted by Gasteiger charge is -2.12. The van der Waals surface area contributed by atoms with E-state index in [1.165, 1.54) is 0 Å². The summed E-state index contributed by atoms with van der Waals surface area (Å²) in [4.78, 5) is 0. The average Bonchev–Trinajstić information content (AvgIpc) is 2.27. The predicted octanol–water partition coefficient (Wildman–Crippen LogP) is 0.958. The van der Waals surface area contributed by atoms with Crippen LogP contribution >= 0.6 is 0 Å². The van der Waals surface area contributed by atoms with Crippen LogP contribution in [0.4, 0.5) is 0 Å². The fraction of sp³-hybridized carbons (Fsp3) is 0.385. The molecule has 0 saturated carbocycles. The molecule has 0 spiro atoms. The van der Waals surface area contributed by atoms with Crippen molar-refractivity contribution in [3.63, 3.8) is 0 Å². The molecule has 1 aromatic rings. The van der Waals surface area contributed by atoms with Gasteiger partial charge in [0, 0.05) is 6.54 Å². The number of aryl methyl sites for hydroxylation is 1. The summed E-state index contributed by atoms with van der Waals surface area (Å²) in [5.74, 6) is 3.22. The van der Waals surface area contributed by atoms with Crippen molar-refractivity contribution in [2.75, 3.05) is 19.7 Å². The molecule has 0 aliphatic carbocycles. The third-order valence-corrected chi connectivity index (χ3v) is 2.04. The monoisotopic (exact) mass is 219 g/mol. The number of rotatable bonds is 6. The van der Waals surface area contributed by atoms with Crippen LogP contribution in [-0.2, 0) is 0 Å². The fourth-order valence-corrected chi connectivity index (χ4v) is 1.27. The van der Waals surface area contributed by atoms with E-state index >= 15 is 0 Å². The quantitative estimate of drug-likeness (QED) is 0.553. The first-order valence-electron chi connectivity index (χ1n) is 5.24. The Kier molecular flexibility index (Phi) is 5.41. The van der Waals surface area contributed by atoms with E-state index in [9.17, 15) is 5.11 Å². The second-order valence-electron chi connectivity index (χ2n) is 3.62. The summed E-state index contributed by atoms with van der Waals surface area (Å²) >= 11 is 0. The second-order valence-corrected chi connectivity index (χ2v) is 3.62. The Hall–Kier alpha value is -1.50. The topological polar surface area (TPSA) is 41.5 Å². The molecule has 3 heteroatoms. The number of nitrogens with one attached hydrogen (secondary N) is 1. The lowest BCUT2D eigenvalue weighted by atomic mass is 10.2. The van der Waals surface area contributed by atoms with Gasteiger partial charge in [-0.15, -0.1) is 6.42 Å². The number of hydrogen-bond acceptors (Lipinski definition) is 3. The predicted molar refractivity (Wildman–Crippen MR) is 64.4 cm³/mol. The molecule has 0 aliphatic heterocycles. The van der Waals surface area contributed by atoms with Gasteiger partial charge in [0.1, 0.15) is 18.5 Å². The van der Waals surface area contributed by atoms with E-state index in [0.29, 0.717) is 13.1 Å². The summed E-state index contributed by atoms with van der Waals surface area (Å²) < 4.78 is 5.44. The third kappa shape index (κ3) is 4.83. The van der Waals surface area contributed by atoms with Gasteiger partial charge >= 0.3 is 0 Å². The first-order valence-corrected chi connectivity index (χ1v) is 5.24. The molecule has 0 fully saturated rings. The largest absolute Gasteiger partial charge is 0.491 e. The molecule has 86 valence electrons. The molecule has 0 bridgehead atoms. The normalized spacial score (nSPS) is 11.8. The van der Waals surface area contributed by atoms with Gasteiger partial charge in [-0.1, -0.05) is 18.1 Å². The molecule has 2 N–H and O–H groups in total. The van der Waals surface area contributed by atoms with Crippen molar-refractivity contribution in [2.24, 2.45) is 0 Å². The van der Waals surface area contributed by atoms with Crippen LogP contribution < -0.4 is 10.1 Å². The fourth-order valence-electron chi connectivity index (χ4n) is 1.27. The Bertz CT molecular complexity index is 357. The molecular weight excluding hydrogens is 202 g/mol. The van der Waals surface area contributed by atoms with Crippen molar-refractivity contribution in [3.8, 4) is 18.1 Å². The highest BCUT2D eigenvalue weighted by molar-refractivity contribution is 5.27. The average molecular weight is 219 g/mol. The van der Waals surface area contributed by atoms with Gasteiger partial charge in [0.05, 0.1) is 6.54 Å². The zero-order chi connectivity index (χ0) is 11.8. The van der Waals surface area contributed by atoms with Crippen molar-refractivity contribution >= 4 is 0 Å². The molecule has 0 aromatic heterocycles. The van der Waals surface area contributed by atoms with Gasteiger partial charge in [-0.05, 0) is 24.6 Å². The number of hydrogen-bond donors (Lipinski definition) is 2. The van der Waals surface area contributed by atoms with Crippen LogP contribution in [0.5, 0.6) is 5.75 Å². The van der Waals surface area contributed by atoms with Crippen LogP contribution in [0.3, 0.4) is 0 Å². The van der Waals surface area contributed by atoms with Crippen LogP contribution in [0.15, 0.2) is 24.3 Å². The third-order valence-electron chi connectivity index (χ3n) is 2.04. The van der Waals surface area contributed by atoms with Gasteiger partial charge in [-0.25, -0.2) is 0 Å². The first kappa shape index (κ1) is 12.6. The summed E-state index contributed by atoms with van der Waals surface area (Å²) in [5, 5.41) is 12.5. The number of terminal acetylenes is 1. The molecule has 1 atom stereocenters. The van der Waals surface area contributed by atoms with Crippen LogP contribution in [0.2, 0.25) is 0 Å². The number of aliphatic hydroxyl groups excluding tert-OH is 1. The second kappa shape index (κ2) is 6.89. The standard InChI is InChI=1S/C13H17NO2/c1-3-7-14-9-12(15)10-16-13-6-4-5-11(2)8-13/h1,4-6,8,12,14-15H,7,9-10H2,2H3. The highest BCUT2D eigenvalue weighted by Gasteiger charge is 2.04. The maximum absolute atomic E-state index is 9.55. The highest BCUT2D eigenvalue weighted by atomic mass is 16.5. The van der Waals surface area contributed by atoms with Crippen LogP contribution in [0, 0.1) is 19.3 Å². The Balaban J connectivity index is 2.26. The van der Waals surface area contributed by atoms with E-state index in [2.05, 4.69) is 11.2 Å². The minimum atomic E-state index is -0.547. The molecule has 0 radical (unpaired) electrons. The maximum Gasteiger partial charge on any atom is 0.119 e. The van der Waals surface area contributed by atoms with Crippen LogP contribution in [-0.4, -0.2) is 30.9 Å². The van der Waals surface area contributed by atoms with Crippen molar-refractivity contribution < 1.29 is 9.84 Å². The van der Waals surface area contributed by atoms with Crippen molar-refractivity contribution in [1.82, 2.24) is 5.32 Å². The molecule has 0 heterocycles. The van der Waals surface area contributed by atoms with Gasteiger partial charge in [-0.2, -0.15) is 0 Å². The Morgan fingerprint density at radius 1 is 1.56 bits per heavy atom. The summed E-state index contributed by atoms with van der Waals surface area (Å²) in [5.41, 5.74) is 1.14. The lowest BCUT2D eigenvalue weighted by Crippen LogP contribution is -2.31. The van der Waals surface area contributed by atoms with Gasteiger partial charge in [0.25, 0.3) is 0 Å². The number of aliphatic hydroxyl groups is 1. The van der Waals surface area contributed by atoms with Crippen molar-refractivity contribution in [3.05, 3.63) is 29.8 Å². The summed E-state index contributed by atoms with van der Waals surface area (Å²) in [7, 11) is 0. The van der Waals surface area contributed by atoms with Gasteiger partial charge in [0.15, 0.2) is 0 Å². The SMILES string of the molecule is C#CCNCC(O)COc1cccc(C)c1. The molecule has 1 aromatic carbocycles. The van der Waals surface area contributed by atoms with E-state index in [1.807, 2.05) is 31.2 Å². The van der Waals surface area contributed by atoms with E-state index in [-0.39, 0.29) is 6.61 Å². The van der Waals surface area contributed by atoms with Crippen LogP contribution in [0.1, 0.15) is 5.56 Å². The molecule has 0 amide bonds. The maximum atomic E-state index is 9.55. The molecule has 0 saturated heterocycles. The van der Waals surface area contributed by atoms with Gasteiger partial charge in [0.2, 0.25) is 0 Å². The smallest absolute Gasteiger partial charge is 0.119 e. The first-order chi connectivity index (χ1) is 7.72. The summed E-state index contributed by atoms with van der Waals surface area (Å²) in [6.07, 6.45) is 4.52. The molecular formula is C13H17NO2. The van der Waals surface area contributed by atoms with E-state index in [4.69, 9.17) is 11.2 Å². The Morgan fingerprint density at radius 3 is 3.06 bits per heavy atom. The highest BCUT2D eigenvalue weighted by Crippen LogP contribution is 2.12. The van der Waals surface area contributed by atoms with Crippen molar-refractivity contribution in [1.29, 1.82) is 0 Å². The van der Waals surface area contributed by atoms with Crippen LogP contribution in [0.25, 0.3) is 0 Å². The molecule has 16 heavy (non-hydrogen) atoms. The minimum absolute atomic E-state index is 0.265. The van der Waals surface area contributed by atoms with E-state index in [0.717, 1.165) is 11.3 Å².